The monoisotopic (exact) mass is 548 g/mol. The molecular formula is C26H31F3N6O4. The summed E-state index contributed by atoms with van der Waals surface area (Å²) in [5.74, 6) is -0.779. The Bertz CT molecular complexity index is 1270. The minimum atomic E-state index is -4.93. The molecule has 0 aliphatic heterocycles. The Labute approximate surface area is 223 Å². The molecule has 0 aliphatic carbocycles. The Balaban J connectivity index is 1.64. The number of H-pyrrole nitrogens is 1. The van der Waals surface area contributed by atoms with Crippen LogP contribution in [-0.4, -0.2) is 58.6 Å². The first-order valence-electron chi connectivity index (χ1n) is 12.3. The molecule has 0 bridgehead atoms. The molecule has 10 nitrogen and oxygen atoms in total. The zero-order valence-electron chi connectivity index (χ0n) is 21.1. The van der Waals surface area contributed by atoms with Gasteiger partial charge in [0.2, 0.25) is 5.95 Å². The maximum Gasteiger partial charge on any atom is 0.573 e. The molecule has 0 fully saturated rings. The molecule has 3 aromatic rings. The Morgan fingerprint density at radius 3 is 2.44 bits per heavy atom. The van der Waals surface area contributed by atoms with Crippen molar-refractivity contribution in [1.29, 1.82) is 0 Å². The van der Waals surface area contributed by atoms with Crippen molar-refractivity contribution in [3.63, 3.8) is 0 Å². The van der Waals surface area contributed by atoms with Gasteiger partial charge in [-0.2, -0.15) is 4.98 Å². The third-order valence-corrected chi connectivity index (χ3v) is 5.62. The van der Waals surface area contributed by atoms with Gasteiger partial charge in [0.1, 0.15) is 0 Å². The van der Waals surface area contributed by atoms with Gasteiger partial charge < -0.3 is 25.9 Å². The molecular weight excluding hydrogens is 517 g/mol. The molecule has 1 aromatic heterocycles. The number of nitrogens with zero attached hydrogens (tertiary/aromatic N) is 2. The summed E-state index contributed by atoms with van der Waals surface area (Å²) in [5, 5.41) is 13.6. The van der Waals surface area contributed by atoms with Crippen molar-refractivity contribution >= 4 is 17.7 Å². The molecule has 210 valence electrons. The number of rotatable bonds is 13. The minimum Gasteiger partial charge on any atom is -0.404 e. The number of aliphatic hydroxyl groups is 1. The van der Waals surface area contributed by atoms with E-state index in [9.17, 15) is 22.8 Å². The molecule has 3 rings (SSSR count). The third kappa shape index (κ3) is 9.71. The van der Waals surface area contributed by atoms with Crippen LogP contribution < -0.4 is 26.7 Å². The van der Waals surface area contributed by atoms with Gasteiger partial charge in [-0.15, -0.1) is 13.2 Å². The van der Waals surface area contributed by atoms with Crippen LogP contribution in [0.4, 0.5) is 29.6 Å². The molecule has 39 heavy (non-hydrogen) atoms. The number of unbranched alkanes of at least 4 members (excludes halogenated alkanes) is 1. The number of urea groups is 1. The smallest absolute Gasteiger partial charge is 0.404 e. The molecule has 0 unspecified atom stereocenters. The summed E-state index contributed by atoms with van der Waals surface area (Å²) in [4.78, 5) is 33.7. The van der Waals surface area contributed by atoms with E-state index < -0.39 is 23.7 Å². The van der Waals surface area contributed by atoms with Crippen LogP contribution >= 0.6 is 0 Å². The SMILES string of the molecule is NCCCN(CCCCO)Cc1ccc(-c2c[nH]c(NC(=O)Nc3ccccc3OC(F)(F)F)nc2=O)cc1. The van der Waals surface area contributed by atoms with E-state index in [-0.39, 0.29) is 23.8 Å². The average Bonchev–Trinajstić information content (AvgIpc) is 2.88. The van der Waals surface area contributed by atoms with Crippen molar-refractivity contribution in [1.82, 2.24) is 14.9 Å². The number of alkyl halides is 3. The number of aromatic nitrogens is 2. The summed E-state index contributed by atoms with van der Waals surface area (Å²) in [6.07, 6.45) is -1.06. The largest absolute Gasteiger partial charge is 0.573 e. The Hall–Kier alpha value is -3.94. The fourth-order valence-corrected chi connectivity index (χ4v) is 3.79. The quantitative estimate of drug-likeness (QED) is 0.204. The Kier molecular flexibility index (Phi) is 10.8. The summed E-state index contributed by atoms with van der Waals surface area (Å²) >= 11 is 0. The molecule has 2 aromatic carbocycles. The second-order valence-electron chi connectivity index (χ2n) is 8.64. The van der Waals surface area contributed by atoms with Gasteiger partial charge >= 0.3 is 12.4 Å². The van der Waals surface area contributed by atoms with Crippen LogP contribution in [0.1, 0.15) is 24.8 Å². The highest BCUT2D eigenvalue weighted by atomic mass is 19.4. The van der Waals surface area contributed by atoms with E-state index in [2.05, 4.69) is 30.2 Å². The van der Waals surface area contributed by atoms with E-state index in [4.69, 9.17) is 10.8 Å². The number of aliphatic hydroxyl groups excluding tert-OH is 1. The number of ether oxygens (including phenoxy) is 1. The molecule has 0 saturated heterocycles. The zero-order chi connectivity index (χ0) is 28.3. The van der Waals surface area contributed by atoms with E-state index >= 15 is 0 Å². The van der Waals surface area contributed by atoms with E-state index in [1.54, 1.807) is 12.1 Å². The van der Waals surface area contributed by atoms with Crippen LogP contribution in [-0.2, 0) is 6.54 Å². The van der Waals surface area contributed by atoms with Gasteiger partial charge in [0.05, 0.1) is 11.3 Å². The van der Waals surface area contributed by atoms with Gasteiger partial charge in [0.15, 0.2) is 5.75 Å². The number of aromatic amines is 1. The summed E-state index contributed by atoms with van der Waals surface area (Å²) in [6, 6.07) is 11.5. The normalized spacial score (nSPS) is 11.4. The maximum absolute atomic E-state index is 12.6. The van der Waals surface area contributed by atoms with Crippen molar-refractivity contribution in [3.8, 4) is 16.9 Å². The van der Waals surface area contributed by atoms with E-state index in [1.807, 2.05) is 12.1 Å². The van der Waals surface area contributed by atoms with E-state index in [0.717, 1.165) is 44.0 Å². The number of carbonyl (C=O) groups excluding carboxylic acids is 1. The lowest BCUT2D eigenvalue weighted by molar-refractivity contribution is -0.274. The van der Waals surface area contributed by atoms with Gasteiger partial charge in [0, 0.05) is 19.3 Å². The number of halogens is 3. The first-order valence-corrected chi connectivity index (χ1v) is 12.3. The molecule has 0 aliphatic rings. The number of anilines is 2. The average molecular weight is 549 g/mol. The van der Waals surface area contributed by atoms with Crippen LogP contribution in [0.15, 0.2) is 59.5 Å². The highest BCUT2D eigenvalue weighted by molar-refractivity contribution is 5.99. The summed E-state index contributed by atoms with van der Waals surface area (Å²) in [7, 11) is 0. The predicted octanol–water partition coefficient (Wildman–Crippen LogP) is 3.90. The molecule has 1 heterocycles. The summed E-state index contributed by atoms with van der Waals surface area (Å²) in [6.45, 7) is 3.14. The second kappa shape index (κ2) is 14.3. The van der Waals surface area contributed by atoms with Crippen molar-refractivity contribution in [2.24, 2.45) is 5.73 Å². The van der Waals surface area contributed by atoms with Crippen molar-refractivity contribution in [2.75, 3.05) is 36.9 Å². The molecule has 0 saturated carbocycles. The third-order valence-electron chi connectivity index (χ3n) is 5.62. The summed E-state index contributed by atoms with van der Waals surface area (Å²) in [5.41, 5.74) is 6.77. The first kappa shape index (κ1) is 29.6. The topological polar surface area (TPSA) is 146 Å². The number of nitrogens with one attached hydrogen (secondary N) is 3. The molecule has 2 amide bonds. The Morgan fingerprint density at radius 1 is 1.05 bits per heavy atom. The van der Waals surface area contributed by atoms with E-state index in [1.165, 1.54) is 24.4 Å². The summed E-state index contributed by atoms with van der Waals surface area (Å²) < 4.78 is 41.7. The van der Waals surface area contributed by atoms with Gasteiger partial charge in [0.25, 0.3) is 5.56 Å². The van der Waals surface area contributed by atoms with Gasteiger partial charge in [-0.05, 0) is 62.2 Å². The fraction of sp³-hybridized carbons (Fsp3) is 0.346. The zero-order valence-corrected chi connectivity index (χ0v) is 21.1. The van der Waals surface area contributed by atoms with Crippen LogP contribution in [0, 0.1) is 0 Å². The van der Waals surface area contributed by atoms with Gasteiger partial charge in [-0.3, -0.25) is 15.0 Å². The number of hydrogen-bond acceptors (Lipinski definition) is 7. The van der Waals surface area contributed by atoms with E-state index in [0.29, 0.717) is 18.7 Å². The van der Waals surface area contributed by atoms with Gasteiger partial charge in [-0.1, -0.05) is 36.4 Å². The number of amides is 2. The molecule has 0 atom stereocenters. The van der Waals surface area contributed by atoms with Crippen LogP contribution in [0.5, 0.6) is 5.75 Å². The minimum absolute atomic E-state index is 0.159. The highest BCUT2D eigenvalue weighted by Gasteiger charge is 2.32. The first-order chi connectivity index (χ1) is 18.7. The number of nitrogens with two attached hydrogens (primary N) is 1. The molecule has 0 radical (unpaired) electrons. The highest BCUT2D eigenvalue weighted by Crippen LogP contribution is 2.30. The molecule has 13 heteroatoms. The Morgan fingerprint density at radius 2 is 1.77 bits per heavy atom. The number of hydrogen-bond donors (Lipinski definition) is 5. The van der Waals surface area contributed by atoms with Crippen LogP contribution in [0.2, 0.25) is 0 Å². The predicted molar refractivity (Wildman–Crippen MR) is 141 cm³/mol. The molecule has 6 N–H and O–H groups in total. The van der Waals surface area contributed by atoms with Crippen LogP contribution in [0.25, 0.3) is 11.1 Å². The maximum atomic E-state index is 12.6. The van der Waals surface area contributed by atoms with Crippen molar-refractivity contribution in [2.45, 2.75) is 32.2 Å². The number of para-hydroxylation sites is 2. The number of carbonyl (C=O) groups is 1. The standard InChI is InChI=1S/C26H31F3N6O4/c27-26(28,29)39-22-7-2-1-6-21(22)32-25(38)34-24-31-16-20(23(37)33-24)19-10-8-18(9-11-19)17-35(14-5-12-30)13-3-4-15-36/h1-2,6-11,16,36H,3-5,12-15,17,30H2,(H3,31,32,33,34,37,38). The molecule has 0 spiro atoms. The van der Waals surface area contributed by atoms with Gasteiger partial charge in [-0.25, -0.2) is 4.79 Å². The number of benzene rings is 2. The second-order valence-corrected chi connectivity index (χ2v) is 8.64. The lowest BCUT2D eigenvalue weighted by Gasteiger charge is -2.22. The van der Waals surface area contributed by atoms with Crippen LogP contribution in [0.3, 0.4) is 0 Å². The van der Waals surface area contributed by atoms with Crippen molar-refractivity contribution in [3.05, 3.63) is 70.6 Å². The fourth-order valence-electron chi connectivity index (χ4n) is 3.79. The lowest BCUT2D eigenvalue weighted by atomic mass is 10.1. The lowest BCUT2D eigenvalue weighted by Crippen LogP contribution is -2.27. The van der Waals surface area contributed by atoms with Crippen molar-refractivity contribution < 1.29 is 27.8 Å².